The fourth-order valence-electron chi connectivity index (χ4n) is 2.83. The highest BCUT2D eigenvalue weighted by Crippen LogP contribution is 2.48. The zero-order valence-electron chi connectivity index (χ0n) is 10.9. The van der Waals surface area contributed by atoms with E-state index in [4.69, 9.17) is 10.3 Å². The number of rotatable bonds is 1. The maximum Gasteiger partial charge on any atom is 0.237 e. The van der Waals surface area contributed by atoms with Crippen LogP contribution in [0.2, 0.25) is 0 Å². The molecule has 2 heterocycles. The van der Waals surface area contributed by atoms with Gasteiger partial charge in [-0.05, 0) is 33.1 Å². The highest BCUT2D eigenvalue weighted by Gasteiger charge is 2.42. The minimum absolute atomic E-state index is 0.395. The lowest BCUT2D eigenvalue weighted by Crippen LogP contribution is -2.29. The molecule has 98 valence electrons. The number of nitriles is 1. The van der Waals surface area contributed by atoms with Crippen molar-refractivity contribution in [3.63, 3.8) is 0 Å². The maximum absolute atomic E-state index is 9.36. The van der Waals surface area contributed by atoms with Gasteiger partial charge in [-0.15, -0.1) is 11.3 Å². The molecule has 2 aromatic rings. The highest BCUT2D eigenvalue weighted by atomic mass is 32.1. The fourth-order valence-corrected chi connectivity index (χ4v) is 4.02. The number of thiophene rings is 1. The van der Waals surface area contributed by atoms with Crippen molar-refractivity contribution in [3.8, 4) is 6.07 Å². The van der Waals surface area contributed by atoms with Crippen molar-refractivity contribution in [1.82, 2.24) is 10.1 Å². The zero-order valence-corrected chi connectivity index (χ0v) is 11.7. The fraction of sp³-hybridized carbons (Fsp3) is 0.462. The van der Waals surface area contributed by atoms with Crippen molar-refractivity contribution < 1.29 is 4.52 Å². The molecule has 2 N–H and O–H groups in total. The first-order valence-corrected chi connectivity index (χ1v) is 7.00. The molecule has 1 atom stereocenters. The van der Waals surface area contributed by atoms with Gasteiger partial charge in [-0.3, -0.25) is 0 Å². The molecule has 2 aromatic heterocycles. The molecule has 0 aromatic carbocycles. The number of nitrogens with two attached hydrogens (primary N) is 1. The molecular formula is C13H14N4OS. The van der Waals surface area contributed by atoms with E-state index in [1.165, 1.54) is 16.2 Å². The lowest BCUT2D eigenvalue weighted by Gasteiger charge is -2.30. The summed E-state index contributed by atoms with van der Waals surface area (Å²) in [6.45, 7) is 3.86. The van der Waals surface area contributed by atoms with Gasteiger partial charge < -0.3 is 10.3 Å². The van der Waals surface area contributed by atoms with Gasteiger partial charge in [-0.25, -0.2) is 0 Å². The number of hydrogen-bond donors (Lipinski definition) is 1. The molecule has 0 radical (unpaired) electrons. The maximum atomic E-state index is 9.36. The molecule has 0 aliphatic heterocycles. The number of aryl methyl sites for hydroxylation is 2. The summed E-state index contributed by atoms with van der Waals surface area (Å²) < 4.78 is 5.37. The van der Waals surface area contributed by atoms with Crippen molar-refractivity contribution in [2.24, 2.45) is 0 Å². The van der Waals surface area contributed by atoms with Gasteiger partial charge in [0.1, 0.15) is 11.1 Å². The first kappa shape index (κ1) is 12.2. The minimum Gasteiger partial charge on any atom is -0.389 e. The van der Waals surface area contributed by atoms with Crippen LogP contribution in [0.1, 0.15) is 47.5 Å². The Morgan fingerprint density at radius 2 is 2.32 bits per heavy atom. The van der Waals surface area contributed by atoms with Crippen LogP contribution in [-0.2, 0) is 11.8 Å². The third kappa shape index (κ3) is 1.65. The molecule has 1 aliphatic carbocycles. The highest BCUT2D eigenvalue weighted by molar-refractivity contribution is 7.16. The van der Waals surface area contributed by atoms with Crippen molar-refractivity contribution in [2.45, 2.75) is 38.5 Å². The van der Waals surface area contributed by atoms with Gasteiger partial charge in [-0.1, -0.05) is 5.16 Å². The molecule has 0 fully saturated rings. The Bertz CT molecular complexity index is 681. The van der Waals surface area contributed by atoms with E-state index < -0.39 is 5.41 Å². The summed E-state index contributed by atoms with van der Waals surface area (Å²) in [5.41, 5.74) is 7.15. The lowest BCUT2D eigenvalue weighted by atomic mass is 9.72. The number of anilines is 1. The Morgan fingerprint density at radius 1 is 1.53 bits per heavy atom. The molecule has 0 saturated carbocycles. The normalized spacial score (nSPS) is 21.9. The summed E-state index contributed by atoms with van der Waals surface area (Å²) in [6.07, 6.45) is 2.90. The third-order valence-electron chi connectivity index (χ3n) is 3.75. The summed E-state index contributed by atoms with van der Waals surface area (Å²) >= 11 is 1.51. The Kier molecular flexibility index (Phi) is 2.61. The molecule has 1 unspecified atom stereocenters. The predicted octanol–water partition coefficient (Wildman–Crippen LogP) is 2.54. The van der Waals surface area contributed by atoms with E-state index in [1.807, 2.05) is 0 Å². The molecule has 0 bridgehead atoms. The molecular weight excluding hydrogens is 260 g/mol. The van der Waals surface area contributed by atoms with Crippen LogP contribution in [0.4, 0.5) is 5.00 Å². The second-order valence-corrected chi connectivity index (χ2v) is 6.22. The van der Waals surface area contributed by atoms with Gasteiger partial charge in [0.05, 0.1) is 11.0 Å². The topological polar surface area (TPSA) is 88.7 Å². The van der Waals surface area contributed by atoms with Crippen LogP contribution in [0.3, 0.4) is 0 Å². The van der Waals surface area contributed by atoms with Crippen molar-refractivity contribution in [3.05, 3.63) is 27.7 Å². The Balaban J connectivity index is 2.25. The average Bonchev–Trinajstić information content (AvgIpc) is 2.93. The zero-order chi connectivity index (χ0) is 13.6. The molecule has 6 heteroatoms. The second kappa shape index (κ2) is 4.07. The average molecular weight is 274 g/mol. The van der Waals surface area contributed by atoms with Crippen molar-refractivity contribution in [1.29, 1.82) is 5.26 Å². The number of fused-ring (bicyclic) bond motifs is 1. The van der Waals surface area contributed by atoms with Crippen molar-refractivity contribution in [2.75, 3.05) is 5.73 Å². The van der Waals surface area contributed by atoms with E-state index >= 15 is 0 Å². The minimum atomic E-state index is -0.395. The van der Waals surface area contributed by atoms with E-state index in [1.54, 1.807) is 6.92 Å². The van der Waals surface area contributed by atoms with Gasteiger partial charge >= 0.3 is 0 Å². The number of hydrogen-bond acceptors (Lipinski definition) is 6. The van der Waals surface area contributed by atoms with E-state index in [9.17, 15) is 5.26 Å². The van der Waals surface area contributed by atoms with Gasteiger partial charge in [0.25, 0.3) is 0 Å². The standard InChI is InChI=1S/C13H14N4OS/c1-7-16-12(18-17-7)13(2)5-3-4-9-10(13)8(6-14)11(15)19-9/h3-5,15H2,1-2H3. The van der Waals surface area contributed by atoms with Crippen molar-refractivity contribution >= 4 is 16.3 Å². The largest absolute Gasteiger partial charge is 0.389 e. The van der Waals surface area contributed by atoms with Crippen LogP contribution in [0.25, 0.3) is 0 Å². The summed E-state index contributed by atoms with van der Waals surface area (Å²) in [7, 11) is 0. The summed E-state index contributed by atoms with van der Waals surface area (Å²) in [6, 6.07) is 2.23. The SMILES string of the molecule is Cc1noc(C2(C)CCCc3sc(N)c(C#N)c32)n1. The molecule has 19 heavy (non-hydrogen) atoms. The van der Waals surface area contributed by atoms with Gasteiger partial charge in [-0.2, -0.15) is 10.2 Å². The summed E-state index contributed by atoms with van der Waals surface area (Å²) in [5.74, 6) is 1.20. The number of aromatic nitrogens is 2. The van der Waals surface area contributed by atoms with Crippen LogP contribution < -0.4 is 5.73 Å². The Morgan fingerprint density at radius 3 is 2.95 bits per heavy atom. The quantitative estimate of drug-likeness (QED) is 0.863. The smallest absolute Gasteiger partial charge is 0.237 e. The predicted molar refractivity (Wildman–Crippen MR) is 71.9 cm³/mol. The molecule has 1 aliphatic rings. The molecule has 0 saturated heterocycles. The van der Waals surface area contributed by atoms with E-state index in [0.717, 1.165) is 24.8 Å². The molecule has 3 rings (SSSR count). The molecule has 0 amide bonds. The van der Waals surface area contributed by atoms with Crippen LogP contribution in [0.15, 0.2) is 4.52 Å². The van der Waals surface area contributed by atoms with Crippen LogP contribution in [0.5, 0.6) is 0 Å². The summed E-state index contributed by atoms with van der Waals surface area (Å²) in [5, 5.41) is 13.8. The van der Waals surface area contributed by atoms with Gasteiger partial charge in [0, 0.05) is 10.4 Å². The van der Waals surface area contributed by atoms with Crippen LogP contribution in [-0.4, -0.2) is 10.1 Å². The van der Waals surface area contributed by atoms with E-state index in [0.29, 0.717) is 22.3 Å². The summed E-state index contributed by atoms with van der Waals surface area (Å²) in [4.78, 5) is 5.55. The van der Waals surface area contributed by atoms with Gasteiger partial charge in [0.2, 0.25) is 5.89 Å². The number of nitrogen functional groups attached to an aromatic ring is 1. The molecule has 5 nitrogen and oxygen atoms in total. The van der Waals surface area contributed by atoms with E-state index in [-0.39, 0.29) is 0 Å². The molecule has 0 spiro atoms. The van der Waals surface area contributed by atoms with Crippen LogP contribution >= 0.6 is 11.3 Å². The monoisotopic (exact) mass is 274 g/mol. The first-order chi connectivity index (χ1) is 9.06. The van der Waals surface area contributed by atoms with Gasteiger partial charge in [0.15, 0.2) is 5.82 Å². The number of nitrogens with zero attached hydrogens (tertiary/aromatic N) is 3. The Hall–Kier alpha value is -1.87. The van der Waals surface area contributed by atoms with Crippen LogP contribution in [0, 0.1) is 18.3 Å². The third-order valence-corrected chi connectivity index (χ3v) is 4.83. The lowest BCUT2D eigenvalue weighted by molar-refractivity contribution is 0.299. The van der Waals surface area contributed by atoms with E-state index in [2.05, 4.69) is 23.1 Å². The first-order valence-electron chi connectivity index (χ1n) is 6.19. The second-order valence-electron chi connectivity index (χ2n) is 5.08. The Labute approximate surface area is 115 Å².